The first-order valence-electron chi connectivity index (χ1n) is 7.30. The molecule has 0 aliphatic heterocycles. The number of rotatable bonds is 5. The van der Waals surface area contributed by atoms with Crippen molar-refractivity contribution in [2.75, 3.05) is 17.2 Å². The van der Waals surface area contributed by atoms with Gasteiger partial charge in [-0.25, -0.2) is 9.18 Å². The molecule has 0 unspecified atom stereocenters. The molecule has 0 aromatic heterocycles. The zero-order valence-electron chi connectivity index (χ0n) is 13.0. The number of urea groups is 1. The number of hydrogen-bond donors (Lipinski definition) is 3. The number of carbonyl (C=O) groups is 2. The Labute approximate surface area is 147 Å². The van der Waals surface area contributed by atoms with Crippen LogP contribution in [0.3, 0.4) is 0 Å². The quantitative estimate of drug-likeness (QED) is 0.716. The van der Waals surface area contributed by atoms with Gasteiger partial charge in [-0.05, 0) is 48.9 Å². The third-order valence-electron chi connectivity index (χ3n) is 3.14. The lowest BCUT2D eigenvalue weighted by molar-refractivity contribution is -0.116. The van der Waals surface area contributed by atoms with Crippen LogP contribution in [0.25, 0.3) is 0 Å². The van der Waals surface area contributed by atoms with Crippen molar-refractivity contribution < 1.29 is 14.0 Å². The molecule has 24 heavy (non-hydrogen) atoms. The standard InChI is InChI=1S/C17H17BrFN3O2/c1-11-2-7-14(19)15(10-11)22-16(23)8-9-20-17(24)21-13-5-3-12(18)4-6-13/h2-7,10H,8-9H2,1H3,(H,22,23)(H2,20,21,24). The molecule has 0 radical (unpaired) electrons. The van der Waals surface area contributed by atoms with Crippen LogP contribution in [-0.4, -0.2) is 18.5 Å². The van der Waals surface area contributed by atoms with Crippen molar-refractivity contribution in [2.45, 2.75) is 13.3 Å². The van der Waals surface area contributed by atoms with Crippen molar-refractivity contribution in [3.05, 3.63) is 58.3 Å². The monoisotopic (exact) mass is 393 g/mol. The predicted molar refractivity (Wildman–Crippen MR) is 95.5 cm³/mol. The molecule has 126 valence electrons. The highest BCUT2D eigenvalue weighted by atomic mass is 79.9. The lowest BCUT2D eigenvalue weighted by atomic mass is 10.2. The molecule has 3 amide bonds. The second kappa shape index (κ2) is 8.44. The molecule has 0 fully saturated rings. The van der Waals surface area contributed by atoms with Gasteiger partial charge >= 0.3 is 6.03 Å². The van der Waals surface area contributed by atoms with Gasteiger partial charge in [0.1, 0.15) is 5.82 Å². The Morgan fingerprint density at radius 3 is 2.50 bits per heavy atom. The summed E-state index contributed by atoms with van der Waals surface area (Å²) in [5, 5.41) is 7.71. The summed E-state index contributed by atoms with van der Waals surface area (Å²) < 4.78 is 14.5. The molecule has 0 bridgehead atoms. The van der Waals surface area contributed by atoms with Gasteiger partial charge in [0.05, 0.1) is 5.69 Å². The first-order valence-corrected chi connectivity index (χ1v) is 8.10. The molecule has 2 aromatic rings. The fourth-order valence-corrected chi connectivity index (χ4v) is 2.21. The average Bonchev–Trinajstić information content (AvgIpc) is 2.53. The van der Waals surface area contributed by atoms with Crippen LogP contribution in [0.1, 0.15) is 12.0 Å². The number of hydrogen-bond acceptors (Lipinski definition) is 2. The van der Waals surface area contributed by atoms with Gasteiger partial charge in [0, 0.05) is 23.1 Å². The van der Waals surface area contributed by atoms with E-state index < -0.39 is 11.8 Å². The fraction of sp³-hybridized carbons (Fsp3) is 0.176. The lowest BCUT2D eigenvalue weighted by Gasteiger charge is -2.09. The average molecular weight is 394 g/mol. The third kappa shape index (κ3) is 5.66. The summed E-state index contributed by atoms with van der Waals surface area (Å²) >= 11 is 3.31. The van der Waals surface area contributed by atoms with Gasteiger partial charge in [0.15, 0.2) is 0 Å². The van der Waals surface area contributed by atoms with Crippen LogP contribution in [0.2, 0.25) is 0 Å². The van der Waals surface area contributed by atoms with Crippen LogP contribution in [0, 0.1) is 12.7 Å². The summed E-state index contributed by atoms with van der Waals surface area (Å²) in [6.45, 7) is 1.95. The number of nitrogens with one attached hydrogen (secondary N) is 3. The van der Waals surface area contributed by atoms with E-state index in [0.717, 1.165) is 10.0 Å². The van der Waals surface area contributed by atoms with E-state index >= 15 is 0 Å². The van der Waals surface area contributed by atoms with Crippen LogP contribution < -0.4 is 16.0 Å². The highest BCUT2D eigenvalue weighted by Crippen LogP contribution is 2.16. The summed E-state index contributed by atoms with van der Waals surface area (Å²) in [7, 11) is 0. The molecular formula is C17H17BrFN3O2. The summed E-state index contributed by atoms with van der Waals surface area (Å²) in [5.74, 6) is -0.863. The smallest absolute Gasteiger partial charge is 0.319 e. The maximum Gasteiger partial charge on any atom is 0.319 e. The van der Waals surface area contributed by atoms with Gasteiger partial charge in [-0.3, -0.25) is 4.79 Å². The minimum Gasteiger partial charge on any atom is -0.337 e. The van der Waals surface area contributed by atoms with Crippen molar-refractivity contribution in [3.8, 4) is 0 Å². The Kier molecular flexibility index (Phi) is 6.31. The van der Waals surface area contributed by atoms with Crippen LogP contribution >= 0.6 is 15.9 Å². The minimum absolute atomic E-state index is 0.0428. The maximum absolute atomic E-state index is 13.6. The summed E-state index contributed by atoms with van der Waals surface area (Å²) in [6, 6.07) is 11.2. The van der Waals surface area contributed by atoms with E-state index in [2.05, 4.69) is 31.9 Å². The normalized spacial score (nSPS) is 10.1. The zero-order chi connectivity index (χ0) is 17.5. The molecule has 0 heterocycles. The van der Waals surface area contributed by atoms with E-state index in [0.29, 0.717) is 5.69 Å². The first-order chi connectivity index (χ1) is 11.4. The Morgan fingerprint density at radius 2 is 1.79 bits per heavy atom. The van der Waals surface area contributed by atoms with E-state index in [-0.39, 0.29) is 24.6 Å². The van der Waals surface area contributed by atoms with Crippen molar-refractivity contribution in [3.63, 3.8) is 0 Å². The van der Waals surface area contributed by atoms with Gasteiger partial charge in [0.2, 0.25) is 5.91 Å². The van der Waals surface area contributed by atoms with Gasteiger partial charge < -0.3 is 16.0 Å². The molecule has 3 N–H and O–H groups in total. The lowest BCUT2D eigenvalue weighted by Crippen LogP contribution is -2.31. The highest BCUT2D eigenvalue weighted by molar-refractivity contribution is 9.10. The molecule has 0 saturated carbocycles. The van der Waals surface area contributed by atoms with Crippen molar-refractivity contribution >= 4 is 39.2 Å². The van der Waals surface area contributed by atoms with Gasteiger partial charge in [0.25, 0.3) is 0 Å². The van der Waals surface area contributed by atoms with E-state index in [4.69, 9.17) is 0 Å². The molecule has 0 spiro atoms. The van der Waals surface area contributed by atoms with E-state index in [1.54, 1.807) is 36.4 Å². The summed E-state index contributed by atoms with van der Waals surface area (Å²) in [5.41, 5.74) is 1.62. The Bertz CT molecular complexity index is 735. The first kappa shape index (κ1) is 17.9. The van der Waals surface area contributed by atoms with Crippen LogP contribution in [0.5, 0.6) is 0 Å². The van der Waals surface area contributed by atoms with Gasteiger partial charge in [-0.1, -0.05) is 22.0 Å². The molecule has 0 saturated heterocycles. The Hall–Kier alpha value is -2.41. The second-order valence-corrected chi connectivity index (χ2v) is 6.08. The number of carbonyl (C=O) groups excluding carboxylic acids is 2. The number of amides is 3. The van der Waals surface area contributed by atoms with E-state index in [1.807, 2.05) is 6.92 Å². The van der Waals surface area contributed by atoms with Gasteiger partial charge in [-0.2, -0.15) is 0 Å². The number of aryl methyl sites for hydroxylation is 1. The fourth-order valence-electron chi connectivity index (χ4n) is 1.95. The van der Waals surface area contributed by atoms with Crippen LogP contribution in [0.15, 0.2) is 46.9 Å². The number of halogens is 2. The topological polar surface area (TPSA) is 70.2 Å². The Morgan fingerprint density at radius 1 is 1.08 bits per heavy atom. The van der Waals surface area contributed by atoms with Crippen molar-refractivity contribution in [1.82, 2.24) is 5.32 Å². The van der Waals surface area contributed by atoms with E-state index in [1.165, 1.54) is 6.07 Å². The molecule has 2 rings (SSSR count). The molecule has 5 nitrogen and oxygen atoms in total. The third-order valence-corrected chi connectivity index (χ3v) is 3.66. The number of anilines is 2. The highest BCUT2D eigenvalue weighted by Gasteiger charge is 2.08. The molecule has 0 aliphatic rings. The van der Waals surface area contributed by atoms with Crippen molar-refractivity contribution in [1.29, 1.82) is 0 Å². The SMILES string of the molecule is Cc1ccc(F)c(NC(=O)CCNC(=O)Nc2ccc(Br)cc2)c1. The predicted octanol–water partition coefficient (Wildman–Crippen LogP) is 4.05. The van der Waals surface area contributed by atoms with Crippen molar-refractivity contribution in [2.24, 2.45) is 0 Å². The summed E-state index contributed by atoms with van der Waals surface area (Å²) in [4.78, 5) is 23.5. The Balaban J connectivity index is 1.75. The minimum atomic E-state index is -0.491. The van der Waals surface area contributed by atoms with Gasteiger partial charge in [-0.15, -0.1) is 0 Å². The molecule has 7 heteroatoms. The number of benzene rings is 2. The maximum atomic E-state index is 13.6. The van der Waals surface area contributed by atoms with Crippen LogP contribution in [0.4, 0.5) is 20.6 Å². The molecule has 0 atom stereocenters. The molecular weight excluding hydrogens is 377 g/mol. The summed E-state index contributed by atoms with van der Waals surface area (Å²) in [6.07, 6.45) is 0.0428. The van der Waals surface area contributed by atoms with Crippen LogP contribution in [-0.2, 0) is 4.79 Å². The molecule has 0 aliphatic carbocycles. The largest absolute Gasteiger partial charge is 0.337 e. The zero-order valence-corrected chi connectivity index (χ0v) is 14.6. The molecule has 2 aromatic carbocycles. The van der Waals surface area contributed by atoms with E-state index in [9.17, 15) is 14.0 Å². The second-order valence-electron chi connectivity index (χ2n) is 5.17.